The zero-order valence-electron chi connectivity index (χ0n) is 10.5. The van der Waals surface area contributed by atoms with Gasteiger partial charge in [-0.2, -0.15) is 0 Å². The summed E-state index contributed by atoms with van der Waals surface area (Å²) in [5, 5.41) is 0. The summed E-state index contributed by atoms with van der Waals surface area (Å²) in [4.78, 5) is 4.11. The van der Waals surface area contributed by atoms with Gasteiger partial charge in [-0.25, -0.2) is 0 Å². The van der Waals surface area contributed by atoms with Gasteiger partial charge in [-0.1, -0.05) is 13.0 Å². The zero-order chi connectivity index (χ0) is 12.3. The molecule has 0 aliphatic carbocycles. The first-order chi connectivity index (χ1) is 8.20. The molecular weight excluding hydrogens is 210 g/mol. The van der Waals surface area contributed by atoms with Gasteiger partial charge in [0.2, 0.25) is 0 Å². The maximum absolute atomic E-state index is 5.90. The van der Waals surface area contributed by atoms with E-state index in [-0.39, 0.29) is 0 Å². The molecule has 0 aliphatic heterocycles. The molecule has 0 N–H and O–H groups in total. The number of nitrogens with zero attached hydrogens (tertiary/aromatic N) is 1. The van der Waals surface area contributed by atoms with Crippen LogP contribution in [0.3, 0.4) is 0 Å². The molecule has 0 atom stereocenters. The van der Waals surface area contributed by atoms with Crippen molar-refractivity contribution >= 4 is 0 Å². The second-order valence-electron chi connectivity index (χ2n) is 4.19. The highest BCUT2D eigenvalue weighted by molar-refractivity contribution is 5.39. The lowest BCUT2D eigenvalue weighted by atomic mass is 10.1. The summed E-state index contributed by atoms with van der Waals surface area (Å²) < 4.78 is 5.90. The van der Waals surface area contributed by atoms with Gasteiger partial charge in [0.1, 0.15) is 11.5 Å². The van der Waals surface area contributed by atoms with Gasteiger partial charge in [-0.3, -0.25) is 4.98 Å². The number of hydrogen-bond donors (Lipinski definition) is 0. The fourth-order valence-corrected chi connectivity index (χ4v) is 1.68. The van der Waals surface area contributed by atoms with E-state index in [1.165, 1.54) is 11.1 Å². The number of ether oxygens (including phenoxy) is 1. The first-order valence-electron chi connectivity index (χ1n) is 5.88. The number of hydrogen-bond acceptors (Lipinski definition) is 2. The van der Waals surface area contributed by atoms with E-state index in [9.17, 15) is 0 Å². The lowest BCUT2D eigenvalue weighted by Crippen LogP contribution is -1.92. The summed E-state index contributed by atoms with van der Waals surface area (Å²) in [5.41, 5.74) is 3.66. The van der Waals surface area contributed by atoms with E-state index in [0.717, 1.165) is 23.5 Å². The number of aryl methyl sites for hydroxylation is 3. The number of pyridine rings is 1. The molecule has 2 aromatic rings. The Kier molecular flexibility index (Phi) is 3.43. The van der Waals surface area contributed by atoms with Gasteiger partial charge in [0.05, 0.1) is 0 Å². The van der Waals surface area contributed by atoms with Gasteiger partial charge < -0.3 is 4.74 Å². The van der Waals surface area contributed by atoms with Crippen LogP contribution in [0.4, 0.5) is 0 Å². The molecule has 2 rings (SSSR count). The second kappa shape index (κ2) is 5.00. The monoisotopic (exact) mass is 227 g/mol. The Balaban J connectivity index is 2.28. The predicted molar refractivity (Wildman–Crippen MR) is 69.6 cm³/mol. The minimum Gasteiger partial charge on any atom is -0.457 e. The first-order valence-corrected chi connectivity index (χ1v) is 5.88. The largest absolute Gasteiger partial charge is 0.457 e. The van der Waals surface area contributed by atoms with Crippen LogP contribution in [0.2, 0.25) is 0 Å². The Morgan fingerprint density at radius 2 is 1.94 bits per heavy atom. The summed E-state index contributed by atoms with van der Waals surface area (Å²) >= 11 is 0. The van der Waals surface area contributed by atoms with Crippen LogP contribution in [-0.2, 0) is 6.42 Å². The van der Waals surface area contributed by atoms with Crippen LogP contribution in [-0.4, -0.2) is 4.98 Å². The molecule has 0 radical (unpaired) electrons. The number of aromatic nitrogens is 1. The molecule has 0 saturated carbocycles. The molecule has 1 aromatic heterocycles. The van der Waals surface area contributed by atoms with Crippen molar-refractivity contribution in [3.8, 4) is 11.5 Å². The summed E-state index contributed by atoms with van der Waals surface area (Å²) in [6.45, 7) is 6.29. The lowest BCUT2D eigenvalue weighted by molar-refractivity contribution is 0.475. The maximum atomic E-state index is 5.90. The first kappa shape index (κ1) is 11.6. The molecule has 0 fully saturated rings. The highest BCUT2D eigenvalue weighted by Crippen LogP contribution is 2.26. The molecule has 0 unspecified atom stereocenters. The predicted octanol–water partition coefficient (Wildman–Crippen LogP) is 4.05. The van der Waals surface area contributed by atoms with Crippen LogP contribution in [0, 0.1) is 13.8 Å². The Morgan fingerprint density at radius 3 is 2.65 bits per heavy atom. The third-order valence-electron chi connectivity index (χ3n) is 2.95. The van der Waals surface area contributed by atoms with E-state index in [0.29, 0.717) is 0 Å². The van der Waals surface area contributed by atoms with Gasteiger partial charge in [0.25, 0.3) is 0 Å². The average Bonchev–Trinajstić information content (AvgIpc) is 2.34. The second-order valence-corrected chi connectivity index (χ2v) is 4.19. The Labute approximate surface area is 102 Å². The molecule has 0 saturated heterocycles. The smallest absolute Gasteiger partial charge is 0.133 e. The van der Waals surface area contributed by atoms with Crippen LogP contribution in [0.1, 0.15) is 23.6 Å². The van der Waals surface area contributed by atoms with Crippen LogP contribution in [0.15, 0.2) is 36.7 Å². The van der Waals surface area contributed by atoms with Crippen molar-refractivity contribution in [2.75, 3.05) is 0 Å². The fraction of sp³-hybridized carbons (Fsp3) is 0.267. The molecule has 2 heteroatoms. The molecule has 2 nitrogen and oxygen atoms in total. The summed E-state index contributed by atoms with van der Waals surface area (Å²) in [6, 6.07) is 8.06. The van der Waals surface area contributed by atoms with E-state index < -0.39 is 0 Å². The number of rotatable bonds is 3. The molecule has 17 heavy (non-hydrogen) atoms. The van der Waals surface area contributed by atoms with E-state index >= 15 is 0 Å². The van der Waals surface area contributed by atoms with Crippen molar-refractivity contribution in [1.82, 2.24) is 4.98 Å². The normalized spacial score (nSPS) is 10.3. The molecule has 88 valence electrons. The van der Waals surface area contributed by atoms with Crippen molar-refractivity contribution in [3.05, 3.63) is 53.3 Å². The van der Waals surface area contributed by atoms with E-state index in [1.54, 1.807) is 6.20 Å². The molecule has 1 aromatic carbocycles. The highest BCUT2D eigenvalue weighted by atomic mass is 16.5. The third kappa shape index (κ3) is 2.64. The Morgan fingerprint density at radius 1 is 1.12 bits per heavy atom. The number of benzene rings is 1. The summed E-state index contributed by atoms with van der Waals surface area (Å²) in [5.74, 6) is 1.78. The minimum atomic E-state index is 0.883. The van der Waals surface area contributed by atoms with Crippen LogP contribution in [0.25, 0.3) is 0 Å². The van der Waals surface area contributed by atoms with Crippen molar-refractivity contribution in [1.29, 1.82) is 0 Å². The lowest BCUT2D eigenvalue weighted by Gasteiger charge is -2.10. The molecule has 1 heterocycles. The van der Waals surface area contributed by atoms with E-state index in [2.05, 4.69) is 37.9 Å². The Bertz CT molecular complexity index is 520. The van der Waals surface area contributed by atoms with Crippen LogP contribution >= 0.6 is 0 Å². The van der Waals surface area contributed by atoms with E-state index in [1.807, 2.05) is 18.3 Å². The maximum Gasteiger partial charge on any atom is 0.133 e. The van der Waals surface area contributed by atoms with E-state index in [4.69, 9.17) is 4.74 Å². The molecule has 0 bridgehead atoms. The Hall–Kier alpha value is -1.83. The van der Waals surface area contributed by atoms with Gasteiger partial charge in [-0.05, 0) is 49.6 Å². The minimum absolute atomic E-state index is 0.883. The quantitative estimate of drug-likeness (QED) is 0.789. The van der Waals surface area contributed by atoms with Gasteiger partial charge >= 0.3 is 0 Å². The summed E-state index contributed by atoms with van der Waals surface area (Å²) in [7, 11) is 0. The molecule has 0 spiro atoms. The third-order valence-corrected chi connectivity index (χ3v) is 2.95. The van der Waals surface area contributed by atoms with Gasteiger partial charge in [-0.15, -0.1) is 0 Å². The SMILES string of the molecule is CCc1cnccc1Oc1ccc(C)c(C)c1. The average molecular weight is 227 g/mol. The molecule has 0 aliphatic rings. The van der Waals surface area contributed by atoms with Crippen LogP contribution in [0.5, 0.6) is 11.5 Å². The molecule has 0 amide bonds. The fourth-order valence-electron chi connectivity index (χ4n) is 1.68. The summed E-state index contributed by atoms with van der Waals surface area (Å²) in [6.07, 6.45) is 4.54. The van der Waals surface area contributed by atoms with Gasteiger partial charge in [0, 0.05) is 18.0 Å². The molecular formula is C15H17NO. The topological polar surface area (TPSA) is 22.1 Å². The van der Waals surface area contributed by atoms with Crippen molar-refractivity contribution < 1.29 is 4.74 Å². The van der Waals surface area contributed by atoms with Crippen molar-refractivity contribution in [3.63, 3.8) is 0 Å². The zero-order valence-corrected chi connectivity index (χ0v) is 10.5. The highest BCUT2D eigenvalue weighted by Gasteiger charge is 2.03. The standard InChI is InChI=1S/C15H17NO/c1-4-13-10-16-8-7-15(13)17-14-6-5-11(2)12(3)9-14/h5-10H,4H2,1-3H3. The van der Waals surface area contributed by atoms with Gasteiger partial charge in [0.15, 0.2) is 0 Å². The van der Waals surface area contributed by atoms with Crippen molar-refractivity contribution in [2.24, 2.45) is 0 Å². The van der Waals surface area contributed by atoms with Crippen LogP contribution < -0.4 is 4.74 Å². The van der Waals surface area contributed by atoms with Crippen molar-refractivity contribution in [2.45, 2.75) is 27.2 Å².